The van der Waals surface area contributed by atoms with Crippen molar-refractivity contribution in [2.24, 2.45) is 0 Å². The summed E-state index contributed by atoms with van der Waals surface area (Å²) in [6, 6.07) is 14.9. The van der Waals surface area contributed by atoms with Gasteiger partial charge in [0.25, 0.3) is 0 Å². The predicted molar refractivity (Wildman–Crippen MR) is 78.2 cm³/mol. The zero-order valence-corrected chi connectivity index (χ0v) is 11.5. The number of hydrogen-bond acceptors (Lipinski definition) is 2. The number of nitrogens with one attached hydrogen (secondary N) is 1. The summed E-state index contributed by atoms with van der Waals surface area (Å²) >= 11 is 0. The van der Waals surface area contributed by atoms with Crippen molar-refractivity contribution in [3.05, 3.63) is 66.0 Å². The lowest BCUT2D eigenvalue weighted by Gasteiger charge is -2.05. The summed E-state index contributed by atoms with van der Waals surface area (Å²) < 4.78 is 24.8. The van der Waals surface area contributed by atoms with Gasteiger partial charge in [-0.05, 0) is 23.8 Å². The van der Waals surface area contributed by atoms with Crippen LogP contribution in [0.5, 0.6) is 0 Å². The van der Waals surface area contributed by atoms with Crippen LogP contribution in [-0.2, 0) is 21.3 Å². The monoisotopic (exact) mass is 291 g/mol. The maximum atomic E-state index is 13.0. The molecule has 0 saturated carbocycles. The van der Waals surface area contributed by atoms with Crippen LogP contribution in [0, 0.1) is 5.82 Å². The Labute approximate surface area is 119 Å². The number of benzene rings is 2. The van der Waals surface area contributed by atoms with Gasteiger partial charge in [-0.15, -0.1) is 0 Å². The summed E-state index contributed by atoms with van der Waals surface area (Å²) in [5.41, 5.74) is 1.29. The molecule has 0 aliphatic rings. The highest BCUT2D eigenvalue weighted by molar-refractivity contribution is 7.84. The van der Waals surface area contributed by atoms with Gasteiger partial charge in [-0.25, -0.2) is 4.39 Å². The van der Waals surface area contributed by atoms with Crippen LogP contribution in [-0.4, -0.2) is 15.9 Å². The first kappa shape index (κ1) is 14.4. The summed E-state index contributed by atoms with van der Waals surface area (Å²) in [6.45, 7) is 0. The molecule has 0 aromatic heterocycles. The molecular formula is C15H14FNO2S. The van der Waals surface area contributed by atoms with Crippen LogP contribution < -0.4 is 5.32 Å². The van der Waals surface area contributed by atoms with Crippen molar-refractivity contribution in [1.29, 1.82) is 0 Å². The van der Waals surface area contributed by atoms with Crippen LogP contribution >= 0.6 is 0 Å². The van der Waals surface area contributed by atoms with Gasteiger partial charge in [0.05, 0.1) is 0 Å². The van der Waals surface area contributed by atoms with Crippen LogP contribution in [0.1, 0.15) is 5.56 Å². The van der Waals surface area contributed by atoms with Gasteiger partial charge in [0.2, 0.25) is 5.91 Å². The Kier molecular flexibility index (Phi) is 5.01. The maximum absolute atomic E-state index is 13.0. The minimum atomic E-state index is -1.29. The zero-order chi connectivity index (χ0) is 14.4. The smallest absolute Gasteiger partial charge is 0.237 e. The summed E-state index contributed by atoms with van der Waals surface area (Å²) in [4.78, 5) is 11.7. The van der Waals surface area contributed by atoms with Crippen molar-refractivity contribution in [1.82, 2.24) is 0 Å². The molecule has 2 aromatic rings. The lowest BCUT2D eigenvalue weighted by molar-refractivity contribution is -0.113. The van der Waals surface area contributed by atoms with Gasteiger partial charge in [0.1, 0.15) is 11.6 Å². The van der Waals surface area contributed by atoms with Gasteiger partial charge < -0.3 is 5.32 Å². The minimum absolute atomic E-state index is 0.106. The molecule has 2 rings (SSSR count). The highest BCUT2D eigenvalue weighted by Crippen LogP contribution is 2.09. The maximum Gasteiger partial charge on any atom is 0.237 e. The van der Waals surface area contributed by atoms with Crippen LogP contribution in [0.4, 0.5) is 10.1 Å². The molecule has 1 N–H and O–H groups in total. The van der Waals surface area contributed by atoms with E-state index in [0.717, 1.165) is 5.56 Å². The van der Waals surface area contributed by atoms with Gasteiger partial charge in [-0.1, -0.05) is 36.4 Å². The fourth-order valence-corrected chi connectivity index (χ4v) is 2.75. The van der Waals surface area contributed by atoms with E-state index in [1.807, 2.05) is 30.3 Å². The van der Waals surface area contributed by atoms with Gasteiger partial charge in [0, 0.05) is 22.2 Å². The van der Waals surface area contributed by atoms with Crippen molar-refractivity contribution in [3.8, 4) is 0 Å². The molecule has 3 nitrogen and oxygen atoms in total. The zero-order valence-electron chi connectivity index (χ0n) is 10.7. The van der Waals surface area contributed by atoms with Gasteiger partial charge >= 0.3 is 0 Å². The van der Waals surface area contributed by atoms with Crippen LogP contribution in [0.3, 0.4) is 0 Å². The fourth-order valence-electron chi connectivity index (χ4n) is 1.72. The number of amides is 1. The molecule has 1 amide bonds. The molecular weight excluding hydrogens is 277 g/mol. The third-order valence-corrected chi connectivity index (χ3v) is 3.81. The Bertz CT molecular complexity index is 616. The van der Waals surface area contributed by atoms with E-state index in [1.54, 1.807) is 6.07 Å². The number of rotatable bonds is 5. The number of anilines is 1. The van der Waals surface area contributed by atoms with Crippen molar-refractivity contribution >= 4 is 22.4 Å². The number of carbonyl (C=O) groups is 1. The van der Waals surface area contributed by atoms with E-state index in [1.165, 1.54) is 18.2 Å². The first-order valence-corrected chi connectivity index (χ1v) is 7.56. The summed E-state index contributed by atoms with van der Waals surface area (Å²) in [6.07, 6.45) is 0. The lowest BCUT2D eigenvalue weighted by Crippen LogP contribution is -2.20. The molecule has 0 radical (unpaired) electrons. The Morgan fingerprint density at radius 2 is 1.85 bits per heavy atom. The van der Waals surface area contributed by atoms with E-state index in [2.05, 4.69) is 5.32 Å². The lowest BCUT2D eigenvalue weighted by atomic mass is 10.2. The van der Waals surface area contributed by atoms with E-state index < -0.39 is 16.6 Å². The molecule has 1 atom stereocenters. The van der Waals surface area contributed by atoms with Crippen molar-refractivity contribution in [2.45, 2.75) is 5.75 Å². The SMILES string of the molecule is O=C(C[S@](=O)Cc1ccccc1)Nc1cccc(F)c1. The Hall–Kier alpha value is -2.01. The van der Waals surface area contributed by atoms with Crippen molar-refractivity contribution in [2.75, 3.05) is 11.1 Å². The molecule has 0 heterocycles. The third kappa shape index (κ3) is 4.59. The second-order valence-electron chi connectivity index (χ2n) is 4.27. The predicted octanol–water partition coefficient (Wildman–Crippen LogP) is 2.71. The molecule has 0 unspecified atom stereocenters. The molecule has 0 fully saturated rings. The first-order chi connectivity index (χ1) is 9.63. The topological polar surface area (TPSA) is 46.2 Å². The summed E-state index contributed by atoms with van der Waals surface area (Å²) in [5, 5.41) is 2.53. The van der Waals surface area contributed by atoms with Crippen LogP contribution in [0.15, 0.2) is 54.6 Å². The van der Waals surface area contributed by atoms with E-state index in [9.17, 15) is 13.4 Å². The molecule has 0 spiro atoms. The molecule has 0 aliphatic carbocycles. The second kappa shape index (κ2) is 6.96. The van der Waals surface area contributed by atoms with Crippen LogP contribution in [0.25, 0.3) is 0 Å². The first-order valence-electron chi connectivity index (χ1n) is 6.08. The molecule has 2 aromatic carbocycles. The van der Waals surface area contributed by atoms with E-state index >= 15 is 0 Å². The second-order valence-corrected chi connectivity index (χ2v) is 5.73. The van der Waals surface area contributed by atoms with E-state index in [0.29, 0.717) is 11.4 Å². The normalized spacial score (nSPS) is 11.8. The standard InChI is InChI=1S/C15H14FNO2S/c16-13-7-4-8-14(9-13)17-15(18)11-20(19)10-12-5-2-1-3-6-12/h1-9H,10-11H2,(H,17,18)/t20-/m1/s1. The summed E-state index contributed by atoms with van der Waals surface area (Å²) in [5.74, 6) is -0.582. The average molecular weight is 291 g/mol. The van der Waals surface area contributed by atoms with Gasteiger partial charge in [-0.2, -0.15) is 0 Å². The van der Waals surface area contributed by atoms with Crippen molar-refractivity contribution in [3.63, 3.8) is 0 Å². The van der Waals surface area contributed by atoms with E-state index in [-0.39, 0.29) is 11.7 Å². The highest BCUT2D eigenvalue weighted by Gasteiger charge is 2.09. The molecule has 20 heavy (non-hydrogen) atoms. The minimum Gasteiger partial charge on any atom is -0.325 e. The molecule has 0 aliphatic heterocycles. The van der Waals surface area contributed by atoms with Gasteiger partial charge in [-0.3, -0.25) is 9.00 Å². The van der Waals surface area contributed by atoms with Crippen LogP contribution in [0.2, 0.25) is 0 Å². The molecule has 5 heteroatoms. The summed E-state index contributed by atoms with van der Waals surface area (Å²) in [7, 11) is -1.29. The Morgan fingerprint density at radius 1 is 1.10 bits per heavy atom. The Balaban J connectivity index is 1.87. The number of hydrogen-bond donors (Lipinski definition) is 1. The fraction of sp³-hybridized carbons (Fsp3) is 0.133. The third-order valence-electron chi connectivity index (χ3n) is 2.57. The van der Waals surface area contributed by atoms with Crippen molar-refractivity contribution < 1.29 is 13.4 Å². The highest BCUT2D eigenvalue weighted by atomic mass is 32.2. The average Bonchev–Trinajstić information content (AvgIpc) is 2.39. The molecule has 0 saturated heterocycles. The largest absolute Gasteiger partial charge is 0.325 e. The molecule has 104 valence electrons. The molecule has 0 bridgehead atoms. The number of halogens is 1. The van der Waals surface area contributed by atoms with E-state index in [4.69, 9.17) is 0 Å². The van der Waals surface area contributed by atoms with Gasteiger partial charge in [0.15, 0.2) is 0 Å². The quantitative estimate of drug-likeness (QED) is 0.920. The Morgan fingerprint density at radius 3 is 2.55 bits per heavy atom. The number of carbonyl (C=O) groups excluding carboxylic acids is 1.